The first-order chi connectivity index (χ1) is 9.23. The molecule has 0 saturated heterocycles. The third-order valence-electron chi connectivity index (χ3n) is 4.26. The van der Waals surface area contributed by atoms with Crippen LogP contribution >= 0.6 is 0 Å². The summed E-state index contributed by atoms with van der Waals surface area (Å²) in [4.78, 5) is 4.55. The van der Waals surface area contributed by atoms with Crippen molar-refractivity contribution in [1.82, 2.24) is 4.98 Å². The summed E-state index contributed by atoms with van der Waals surface area (Å²) < 4.78 is 19.0. The molecule has 1 fully saturated rings. The van der Waals surface area contributed by atoms with Crippen molar-refractivity contribution in [1.29, 1.82) is 0 Å². The van der Waals surface area contributed by atoms with Gasteiger partial charge in [0.25, 0.3) is 0 Å². The molecular weight excluding hydrogens is 243 g/mol. The van der Waals surface area contributed by atoms with E-state index in [1.54, 1.807) is 6.07 Å². The lowest BCUT2D eigenvalue weighted by atomic mass is 9.80. The van der Waals surface area contributed by atoms with Crippen molar-refractivity contribution in [3.8, 4) is 0 Å². The molecule has 1 saturated carbocycles. The van der Waals surface area contributed by atoms with Crippen LogP contribution in [0.1, 0.15) is 44.4 Å². The number of halogens is 1. The highest BCUT2D eigenvalue weighted by Gasteiger charge is 2.36. The number of rotatable bonds is 2. The van der Waals surface area contributed by atoms with Gasteiger partial charge in [-0.15, -0.1) is 0 Å². The van der Waals surface area contributed by atoms with Crippen molar-refractivity contribution in [2.45, 2.75) is 43.9 Å². The van der Waals surface area contributed by atoms with Gasteiger partial charge in [-0.3, -0.25) is 0 Å². The molecular formula is C15H19FN2O. The number of nitrogens with two attached hydrogens (primary N) is 1. The van der Waals surface area contributed by atoms with Gasteiger partial charge in [0.1, 0.15) is 11.3 Å². The number of fused-ring (bicyclic) bond motifs is 1. The molecule has 1 aromatic carbocycles. The molecule has 3 nitrogen and oxygen atoms in total. The molecule has 0 atom stereocenters. The summed E-state index contributed by atoms with van der Waals surface area (Å²) in [6.45, 7) is 0.544. The zero-order valence-electron chi connectivity index (χ0n) is 11.0. The van der Waals surface area contributed by atoms with E-state index in [2.05, 4.69) is 4.98 Å². The highest BCUT2D eigenvalue weighted by atomic mass is 19.1. The molecule has 3 rings (SSSR count). The fourth-order valence-corrected chi connectivity index (χ4v) is 3.04. The van der Waals surface area contributed by atoms with Crippen LogP contribution in [0, 0.1) is 5.82 Å². The minimum absolute atomic E-state index is 0.161. The van der Waals surface area contributed by atoms with Crippen LogP contribution in [0.5, 0.6) is 0 Å². The Balaban J connectivity index is 2.04. The molecule has 0 unspecified atom stereocenters. The predicted octanol–water partition coefficient (Wildman–Crippen LogP) is 3.52. The van der Waals surface area contributed by atoms with Gasteiger partial charge in [0.2, 0.25) is 5.89 Å². The maximum absolute atomic E-state index is 13.2. The van der Waals surface area contributed by atoms with E-state index in [0.717, 1.165) is 25.7 Å². The summed E-state index contributed by atoms with van der Waals surface area (Å²) in [5.41, 5.74) is 7.09. The minimum Gasteiger partial charge on any atom is -0.440 e. The Morgan fingerprint density at radius 2 is 1.95 bits per heavy atom. The minimum atomic E-state index is -0.294. The summed E-state index contributed by atoms with van der Waals surface area (Å²) in [5, 5.41) is 0. The lowest BCUT2D eigenvalue weighted by Gasteiger charge is -2.27. The van der Waals surface area contributed by atoms with E-state index in [1.165, 1.54) is 25.0 Å². The Hall–Kier alpha value is -1.42. The summed E-state index contributed by atoms with van der Waals surface area (Å²) in [5.74, 6) is 0.398. The van der Waals surface area contributed by atoms with Gasteiger partial charge in [-0.25, -0.2) is 9.37 Å². The third kappa shape index (κ3) is 2.25. The van der Waals surface area contributed by atoms with E-state index >= 15 is 0 Å². The first-order valence-electron chi connectivity index (χ1n) is 7.00. The van der Waals surface area contributed by atoms with Crippen LogP contribution in [0.4, 0.5) is 4.39 Å². The first-order valence-corrected chi connectivity index (χ1v) is 7.00. The average molecular weight is 262 g/mol. The van der Waals surface area contributed by atoms with Crippen LogP contribution in [0.3, 0.4) is 0 Å². The van der Waals surface area contributed by atoms with Gasteiger partial charge in [-0.05, 0) is 25.0 Å². The van der Waals surface area contributed by atoms with E-state index in [9.17, 15) is 4.39 Å². The van der Waals surface area contributed by atoms with Gasteiger partial charge in [0, 0.05) is 12.6 Å². The number of hydrogen-bond acceptors (Lipinski definition) is 3. The van der Waals surface area contributed by atoms with Crippen LogP contribution in [-0.4, -0.2) is 11.5 Å². The van der Waals surface area contributed by atoms with E-state index in [1.807, 2.05) is 0 Å². The van der Waals surface area contributed by atoms with E-state index in [-0.39, 0.29) is 11.2 Å². The molecule has 2 N–H and O–H groups in total. The largest absolute Gasteiger partial charge is 0.440 e. The van der Waals surface area contributed by atoms with E-state index < -0.39 is 0 Å². The molecule has 1 aromatic heterocycles. The van der Waals surface area contributed by atoms with Crippen molar-refractivity contribution in [2.24, 2.45) is 5.73 Å². The average Bonchev–Trinajstić information content (AvgIpc) is 2.69. The molecule has 0 bridgehead atoms. The highest BCUT2D eigenvalue weighted by Crippen LogP contribution is 2.38. The predicted molar refractivity (Wildman–Crippen MR) is 72.4 cm³/mol. The molecule has 1 aliphatic rings. The molecule has 1 aliphatic carbocycles. The number of oxazole rings is 1. The Kier molecular flexibility index (Phi) is 3.27. The molecule has 2 aromatic rings. The quantitative estimate of drug-likeness (QED) is 0.842. The lowest BCUT2D eigenvalue weighted by Crippen LogP contribution is -2.35. The lowest BCUT2D eigenvalue weighted by molar-refractivity contribution is 0.300. The Bertz CT molecular complexity index is 571. The maximum Gasteiger partial charge on any atom is 0.202 e. The molecule has 1 heterocycles. The van der Waals surface area contributed by atoms with Crippen LogP contribution in [-0.2, 0) is 5.41 Å². The Morgan fingerprint density at radius 1 is 1.21 bits per heavy atom. The van der Waals surface area contributed by atoms with E-state index in [0.29, 0.717) is 23.5 Å². The van der Waals surface area contributed by atoms with Crippen LogP contribution in [0.2, 0.25) is 0 Å². The molecule has 4 heteroatoms. The van der Waals surface area contributed by atoms with Gasteiger partial charge < -0.3 is 10.2 Å². The summed E-state index contributed by atoms with van der Waals surface area (Å²) >= 11 is 0. The summed E-state index contributed by atoms with van der Waals surface area (Å²) in [6, 6.07) is 4.47. The first kappa shape index (κ1) is 12.6. The summed E-state index contributed by atoms with van der Waals surface area (Å²) in [6.07, 6.45) is 6.83. The highest BCUT2D eigenvalue weighted by molar-refractivity contribution is 5.72. The van der Waals surface area contributed by atoms with E-state index in [4.69, 9.17) is 10.2 Å². The van der Waals surface area contributed by atoms with Crippen molar-refractivity contribution in [3.63, 3.8) is 0 Å². The fourth-order valence-electron chi connectivity index (χ4n) is 3.04. The van der Waals surface area contributed by atoms with Crippen LogP contribution in [0.15, 0.2) is 22.6 Å². The zero-order chi connectivity index (χ0) is 13.3. The topological polar surface area (TPSA) is 52.0 Å². The molecule has 0 amide bonds. The van der Waals surface area contributed by atoms with Gasteiger partial charge >= 0.3 is 0 Å². The second-order valence-electron chi connectivity index (χ2n) is 5.53. The third-order valence-corrected chi connectivity index (χ3v) is 4.26. The molecule has 19 heavy (non-hydrogen) atoms. The van der Waals surface area contributed by atoms with Crippen molar-refractivity contribution >= 4 is 11.1 Å². The fraction of sp³-hybridized carbons (Fsp3) is 0.533. The number of benzene rings is 1. The number of nitrogens with zero attached hydrogens (tertiary/aromatic N) is 1. The van der Waals surface area contributed by atoms with Crippen molar-refractivity contribution < 1.29 is 8.81 Å². The SMILES string of the molecule is NCC1(c2nc3ccc(F)cc3o2)CCCCCC1. The number of hydrogen-bond donors (Lipinski definition) is 1. The Morgan fingerprint density at radius 3 is 2.63 bits per heavy atom. The smallest absolute Gasteiger partial charge is 0.202 e. The monoisotopic (exact) mass is 262 g/mol. The second-order valence-corrected chi connectivity index (χ2v) is 5.53. The summed E-state index contributed by atoms with van der Waals surface area (Å²) in [7, 11) is 0. The zero-order valence-corrected chi connectivity index (χ0v) is 11.0. The normalized spacial score (nSPS) is 19.5. The maximum atomic E-state index is 13.2. The Labute approximate surface area is 112 Å². The molecule has 0 spiro atoms. The second kappa shape index (κ2) is 4.93. The van der Waals surface area contributed by atoms with Gasteiger partial charge in [-0.2, -0.15) is 0 Å². The number of aromatic nitrogens is 1. The standard InChI is InChI=1S/C15H19FN2O/c16-11-5-6-12-13(9-11)19-14(18-12)15(10-17)7-3-1-2-4-8-15/h5-6,9H,1-4,7-8,10,17H2. The molecule has 0 radical (unpaired) electrons. The molecule has 0 aliphatic heterocycles. The van der Waals surface area contributed by atoms with Crippen LogP contribution in [0.25, 0.3) is 11.1 Å². The van der Waals surface area contributed by atoms with Crippen LogP contribution < -0.4 is 5.73 Å². The van der Waals surface area contributed by atoms with Gasteiger partial charge in [0.15, 0.2) is 5.58 Å². The molecule has 102 valence electrons. The van der Waals surface area contributed by atoms with Crippen molar-refractivity contribution in [2.75, 3.05) is 6.54 Å². The van der Waals surface area contributed by atoms with Crippen molar-refractivity contribution in [3.05, 3.63) is 29.9 Å². The van der Waals surface area contributed by atoms with Gasteiger partial charge in [0.05, 0.1) is 5.41 Å². The van der Waals surface area contributed by atoms with Gasteiger partial charge in [-0.1, -0.05) is 25.7 Å².